The highest BCUT2D eigenvalue weighted by Crippen LogP contribution is 2.18. The Bertz CT molecular complexity index is 716. The van der Waals surface area contributed by atoms with Gasteiger partial charge in [-0.2, -0.15) is 5.26 Å². The number of para-hydroxylation sites is 1. The Morgan fingerprint density at radius 1 is 1.35 bits per heavy atom. The predicted octanol–water partition coefficient (Wildman–Crippen LogP) is 3.73. The molecule has 1 amide bonds. The van der Waals surface area contributed by atoms with Crippen LogP contribution in [0.4, 0.5) is 10.1 Å². The van der Waals surface area contributed by atoms with Crippen LogP contribution in [0.3, 0.4) is 0 Å². The van der Waals surface area contributed by atoms with Gasteiger partial charge < -0.3 is 9.73 Å². The zero-order valence-corrected chi connectivity index (χ0v) is 11.6. The number of furan rings is 1. The Balaban J connectivity index is 2.21. The van der Waals surface area contributed by atoms with Crippen molar-refractivity contribution in [2.75, 3.05) is 5.32 Å². The third-order valence-electron chi connectivity index (χ3n) is 2.37. The first-order valence-electron chi connectivity index (χ1n) is 5.53. The van der Waals surface area contributed by atoms with Crippen molar-refractivity contribution in [2.45, 2.75) is 0 Å². The molecule has 1 heterocycles. The van der Waals surface area contributed by atoms with E-state index in [0.717, 1.165) is 0 Å². The minimum absolute atomic E-state index is 0.0132. The molecule has 0 aliphatic rings. The molecular formula is C14H8BrFN2O2. The number of nitriles is 1. The van der Waals surface area contributed by atoms with Crippen LogP contribution in [0.15, 0.2) is 51.1 Å². The van der Waals surface area contributed by atoms with Crippen molar-refractivity contribution in [3.63, 3.8) is 0 Å². The number of rotatable bonds is 3. The molecule has 0 atom stereocenters. The fraction of sp³-hybridized carbons (Fsp3) is 0. The maximum Gasteiger partial charge on any atom is 0.266 e. The lowest BCUT2D eigenvalue weighted by atomic mass is 10.2. The number of hydrogen-bond acceptors (Lipinski definition) is 3. The van der Waals surface area contributed by atoms with Crippen LogP contribution in [0, 0.1) is 17.1 Å². The van der Waals surface area contributed by atoms with Gasteiger partial charge in [-0.1, -0.05) is 12.1 Å². The molecule has 0 unspecified atom stereocenters. The second kappa shape index (κ2) is 6.17. The minimum Gasteiger partial charge on any atom is -0.450 e. The van der Waals surface area contributed by atoms with Crippen LogP contribution in [0.1, 0.15) is 5.76 Å². The Morgan fingerprint density at radius 3 is 2.70 bits per heavy atom. The van der Waals surface area contributed by atoms with Crippen molar-refractivity contribution in [1.29, 1.82) is 5.26 Å². The molecule has 100 valence electrons. The van der Waals surface area contributed by atoms with Crippen LogP contribution in [-0.2, 0) is 4.79 Å². The number of hydrogen-bond donors (Lipinski definition) is 1. The zero-order chi connectivity index (χ0) is 14.5. The lowest BCUT2D eigenvalue weighted by Gasteiger charge is -2.04. The molecule has 1 aromatic heterocycles. The van der Waals surface area contributed by atoms with Gasteiger partial charge >= 0.3 is 0 Å². The Labute approximate surface area is 122 Å². The van der Waals surface area contributed by atoms with E-state index in [4.69, 9.17) is 9.68 Å². The van der Waals surface area contributed by atoms with Crippen LogP contribution in [0.2, 0.25) is 0 Å². The third kappa shape index (κ3) is 3.33. The van der Waals surface area contributed by atoms with Gasteiger partial charge in [0.25, 0.3) is 5.91 Å². The third-order valence-corrected chi connectivity index (χ3v) is 2.79. The van der Waals surface area contributed by atoms with Crippen molar-refractivity contribution >= 4 is 33.6 Å². The van der Waals surface area contributed by atoms with E-state index >= 15 is 0 Å². The quantitative estimate of drug-likeness (QED) is 0.687. The Morgan fingerprint density at radius 2 is 2.10 bits per heavy atom. The largest absolute Gasteiger partial charge is 0.450 e. The summed E-state index contributed by atoms with van der Waals surface area (Å²) in [5, 5.41) is 11.3. The summed E-state index contributed by atoms with van der Waals surface area (Å²) in [7, 11) is 0. The van der Waals surface area contributed by atoms with E-state index in [1.165, 1.54) is 24.3 Å². The maximum atomic E-state index is 13.4. The number of nitrogens with one attached hydrogen (secondary N) is 1. The van der Waals surface area contributed by atoms with Gasteiger partial charge in [-0.05, 0) is 40.2 Å². The van der Waals surface area contributed by atoms with E-state index in [1.807, 2.05) is 0 Å². The number of carbonyl (C=O) groups is 1. The zero-order valence-electron chi connectivity index (χ0n) is 10.1. The fourth-order valence-corrected chi connectivity index (χ4v) is 1.77. The van der Waals surface area contributed by atoms with E-state index in [9.17, 15) is 9.18 Å². The molecule has 0 spiro atoms. The summed E-state index contributed by atoms with van der Waals surface area (Å²) in [5.74, 6) is -0.930. The summed E-state index contributed by atoms with van der Waals surface area (Å²) >= 11 is 3.12. The number of nitrogens with zero attached hydrogens (tertiary/aromatic N) is 1. The minimum atomic E-state index is -0.704. The highest BCUT2D eigenvalue weighted by molar-refractivity contribution is 9.10. The van der Waals surface area contributed by atoms with Crippen molar-refractivity contribution in [2.24, 2.45) is 0 Å². The Kier molecular flexibility index (Phi) is 4.33. The molecule has 1 aromatic carbocycles. The first kappa shape index (κ1) is 14.0. The predicted molar refractivity (Wildman–Crippen MR) is 75.0 cm³/mol. The van der Waals surface area contributed by atoms with Crippen molar-refractivity contribution < 1.29 is 13.6 Å². The second-order valence-electron chi connectivity index (χ2n) is 3.75. The molecule has 20 heavy (non-hydrogen) atoms. The molecule has 0 fully saturated rings. The molecular weight excluding hydrogens is 327 g/mol. The molecule has 0 aliphatic carbocycles. The molecule has 6 heteroatoms. The summed E-state index contributed by atoms with van der Waals surface area (Å²) in [6.45, 7) is 0. The van der Waals surface area contributed by atoms with Gasteiger partial charge in [-0.25, -0.2) is 4.39 Å². The van der Waals surface area contributed by atoms with Crippen LogP contribution in [0.5, 0.6) is 0 Å². The summed E-state index contributed by atoms with van der Waals surface area (Å²) in [5.41, 5.74) is -0.172. The first-order valence-corrected chi connectivity index (χ1v) is 6.32. The highest BCUT2D eigenvalue weighted by atomic mass is 79.9. The monoisotopic (exact) mass is 334 g/mol. The molecule has 1 N–H and O–H groups in total. The molecule has 0 aliphatic heterocycles. The number of carbonyl (C=O) groups excluding carboxylic acids is 1. The molecule has 4 nitrogen and oxygen atoms in total. The molecule has 0 radical (unpaired) electrons. The number of benzene rings is 1. The topological polar surface area (TPSA) is 66.0 Å². The van der Waals surface area contributed by atoms with E-state index < -0.39 is 11.7 Å². The number of anilines is 1. The van der Waals surface area contributed by atoms with Gasteiger partial charge in [-0.3, -0.25) is 4.79 Å². The normalized spacial score (nSPS) is 10.9. The highest BCUT2D eigenvalue weighted by Gasteiger charge is 2.12. The summed E-state index contributed by atoms with van der Waals surface area (Å²) < 4.78 is 19.1. The standard InChI is InChI=1S/C14H8BrFN2O2/c15-13-6-5-10(20-13)7-9(8-17)14(19)18-12-4-2-1-3-11(12)16/h1-7H,(H,18,19)/b9-7+. The van der Waals surface area contributed by atoms with Gasteiger partial charge in [0, 0.05) is 6.08 Å². The van der Waals surface area contributed by atoms with Crippen LogP contribution >= 0.6 is 15.9 Å². The fourth-order valence-electron chi connectivity index (χ4n) is 1.45. The summed E-state index contributed by atoms with van der Waals surface area (Å²) in [6.07, 6.45) is 1.28. The summed E-state index contributed by atoms with van der Waals surface area (Å²) in [4.78, 5) is 11.9. The van der Waals surface area contributed by atoms with E-state index in [0.29, 0.717) is 10.4 Å². The van der Waals surface area contributed by atoms with Crippen molar-refractivity contribution in [3.8, 4) is 6.07 Å². The summed E-state index contributed by atoms with van der Waals surface area (Å²) in [6, 6.07) is 10.7. The molecule has 2 aromatic rings. The molecule has 2 rings (SSSR count). The average molecular weight is 335 g/mol. The first-order chi connectivity index (χ1) is 9.60. The SMILES string of the molecule is N#C/C(=C\c1ccc(Br)o1)C(=O)Nc1ccccc1F. The van der Waals surface area contributed by atoms with Gasteiger partial charge in [0.2, 0.25) is 0 Å². The van der Waals surface area contributed by atoms with Gasteiger partial charge in [0.15, 0.2) is 4.67 Å². The van der Waals surface area contributed by atoms with Crippen LogP contribution in [0.25, 0.3) is 6.08 Å². The molecule has 0 bridgehead atoms. The molecule has 0 saturated heterocycles. The van der Waals surface area contributed by atoms with Crippen molar-refractivity contribution in [1.82, 2.24) is 0 Å². The lowest BCUT2D eigenvalue weighted by molar-refractivity contribution is -0.112. The maximum absolute atomic E-state index is 13.4. The van der Waals surface area contributed by atoms with E-state index in [1.54, 1.807) is 24.3 Å². The Hall–Kier alpha value is -2.39. The van der Waals surface area contributed by atoms with Crippen LogP contribution < -0.4 is 5.32 Å². The smallest absolute Gasteiger partial charge is 0.266 e. The number of halogens is 2. The second-order valence-corrected chi connectivity index (χ2v) is 4.53. The van der Waals surface area contributed by atoms with Gasteiger partial charge in [0.1, 0.15) is 23.2 Å². The lowest BCUT2D eigenvalue weighted by Crippen LogP contribution is -2.14. The number of amides is 1. The van der Waals surface area contributed by atoms with Crippen molar-refractivity contribution in [3.05, 3.63) is 58.2 Å². The van der Waals surface area contributed by atoms with E-state index in [-0.39, 0.29) is 11.3 Å². The van der Waals surface area contributed by atoms with Crippen LogP contribution in [-0.4, -0.2) is 5.91 Å². The molecule has 0 saturated carbocycles. The van der Waals surface area contributed by atoms with E-state index in [2.05, 4.69) is 21.2 Å². The van der Waals surface area contributed by atoms with Gasteiger partial charge in [0.05, 0.1) is 5.69 Å². The van der Waals surface area contributed by atoms with Gasteiger partial charge in [-0.15, -0.1) is 0 Å². The average Bonchev–Trinajstić information content (AvgIpc) is 2.84.